The molecule has 3 aromatic rings. The van der Waals surface area contributed by atoms with Crippen LogP contribution in [-0.2, 0) is 32.5 Å². The van der Waals surface area contributed by atoms with Crippen LogP contribution in [0.25, 0.3) is 0 Å². The summed E-state index contributed by atoms with van der Waals surface area (Å²) in [7, 11) is 2.05. The van der Waals surface area contributed by atoms with Gasteiger partial charge in [0.1, 0.15) is 13.7 Å². The molecule has 1 fully saturated rings. The molecule has 1 aliphatic rings. The summed E-state index contributed by atoms with van der Waals surface area (Å²) in [6.45, 7) is 2.33. The van der Waals surface area contributed by atoms with E-state index >= 15 is 0 Å². The molecule has 0 amide bonds. The Bertz CT molecular complexity index is 719. The highest BCUT2D eigenvalue weighted by atomic mass is 79.9. The first-order valence-corrected chi connectivity index (χ1v) is 8.75. The number of rotatable bonds is 2. The minimum Gasteiger partial charge on any atom is -1.00 e. The summed E-state index contributed by atoms with van der Waals surface area (Å²) in [6, 6.07) is 19.5. The van der Waals surface area contributed by atoms with E-state index in [0.717, 1.165) is 11.1 Å². The van der Waals surface area contributed by atoms with Crippen molar-refractivity contribution in [3.63, 3.8) is 0 Å². The van der Waals surface area contributed by atoms with Crippen LogP contribution in [0.15, 0.2) is 72.2 Å². The Morgan fingerprint density at radius 1 is 0.923 bits per heavy atom. The number of aromatic nitrogens is 1. The van der Waals surface area contributed by atoms with Crippen LogP contribution in [0.2, 0.25) is 0 Å². The van der Waals surface area contributed by atoms with Gasteiger partial charge in [0.15, 0.2) is 11.8 Å². The number of benzene rings is 2. The van der Waals surface area contributed by atoms with Gasteiger partial charge in [-0.1, -0.05) is 72.0 Å². The van der Waals surface area contributed by atoms with Gasteiger partial charge in [-0.15, -0.1) is 0 Å². The van der Waals surface area contributed by atoms with E-state index in [0.29, 0.717) is 0 Å². The van der Waals surface area contributed by atoms with Gasteiger partial charge in [0, 0.05) is 6.92 Å². The third-order valence-electron chi connectivity index (χ3n) is 4.01. The molecule has 26 heavy (non-hydrogen) atoms. The molecule has 0 saturated carbocycles. The zero-order valence-corrected chi connectivity index (χ0v) is 16.9. The van der Waals surface area contributed by atoms with Crippen molar-refractivity contribution in [3.05, 3.63) is 88.4 Å². The maximum absolute atomic E-state index is 5.39. The third-order valence-corrected chi connectivity index (χ3v) is 4.90. The lowest BCUT2D eigenvalue weighted by molar-refractivity contribution is -0.689. The van der Waals surface area contributed by atoms with Gasteiger partial charge in [0.05, 0.1) is 5.38 Å². The molecule has 0 atom stereocenters. The van der Waals surface area contributed by atoms with Gasteiger partial charge in [-0.2, -0.15) is 14.3 Å². The van der Waals surface area contributed by atoms with Gasteiger partial charge < -0.3 is 17.0 Å². The number of thiazole rings is 1. The second kappa shape index (κ2) is 9.91. The standard InChI is InChI=1S/C14H12O4.C5H8NS.BrH/c1-3-7-12(8-4-1)14(11-15-17-18-16-14)13-9-5-2-6-10-13;1-5-6(2)3-4-7-5;/h1-10H,11H2;3-4H,1-2H3;1H/q;+1;/p-1. The summed E-state index contributed by atoms with van der Waals surface area (Å²) in [4.78, 5) is 10.3. The smallest absolute Gasteiger partial charge is 0.233 e. The van der Waals surface area contributed by atoms with E-state index in [4.69, 9.17) is 9.78 Å². The van der Waals surface area contributed by atoms with Gasteiger partial charge >= 0.3 is 0 Å². The number of aryl methyl sites for hydroxylation is 2. The molecule has 7 heteroatoms. The molecule has 138 valence electrons. The van der Waals surface area contributed by atoms with Crippen LogP contribution < -0.4 is 21.5 Å². The molecule has 1 aromatic heterocycles. The fourth-order valence-corrected chi connectivity index (χ4v) is 3.14. The third kappa shape index (κ3) is 4.76. The maximum Gasteiger partial charge on any atom is 0.233 e. The first kappa shape index (κ1) is 20.7. The van der Waals surface area contributed by atoms with Gasteiger partial charge in [0.2, 0.25) is 5.01 Å². The fraction of sp³-hybridized carbons (Fsp3) is 0.211. The highest BCUT2D eigenvalue weighted by Crippen LogP contribution is 2.36. The Morgan fingerprint density at radius 3 is 1.85 bits per heavy atom. The minimum atomic E-state index is -0.805. The van der Waals surface area contributed by atoms with Gasteiger partial charge in [0.25, 0.3) is 0 Å². The lowest BCUT2D eigenvalue weighted by Gasteiger charge is -2.33. The average molecular weight is 438 g/mol. The zero-order chi connectivity index (χ0) is 17.5. The van der Waals surface area contributed by atoms with Crippen molar-refractivity contribution in [3.8, 4) is 0 Å². The van der Waals surface area contributed by atoms with E-state index in [1.54, 1.807) is 11.3 Å². The fourth-order valence-electron chi connectivity index (χ4n) is 2.48. The predicted octanol–water partition coefficient (Wildman–Crippen LogP) is 0.640. The normalized spacial score (nSPS) is 15.3. The Labute approximate surface area is 167 Å². The van der Waals surface area contributed by atoms with Gasteiger partial charge in [-0.25, -0.2) is 0 Å². The molecule has 2 aromatic carbocycles. The van der Waals surface area contributed by atoms with Gasteiger partial charge in [-0.3, -0.25) is 0 Å². The van der Waals surface area contributed by atoms with Crippen LogP contribution in [0.4, 0.5) is 0 Å². The highest BCUT2D eigenvalue weighted by molar-refractivity contribution is 7.09. The quantitative estimate of drug-likeness (QED) is 0.435. The van der Waals surface area contributed by atoms with Crippen LogP contribution in [0.1, 0.15) is 16.1 Å². The minimum absolute atomic E-state index is 0. The lowest BCUT2D eigenvalue weighted by atomic mass is 9.87. The van der Waals surface area contributed by atoms with Crippen molar-refractivity contribution < 1.29 is 41.4 Å². The molecule has 0 radical (unpaired) electrons. The molecule has 0 aliphatic carbocycles. The van der Waals surface area contributed by atoms with Crippen LogP contribution in [0.3, 0.4) is 0 Å². The van der Waals surface area contributed by atoms with E-state index in [1.165, 1.54) is 5.01 Å². The van der Waals surface area contributed by atoms with Crippen molar-refractivity contribution >= 4 is 11.3 Å². The number of hydrogen-bond acceptors (Lipinski definition) is 5. The van der Waals surface area contributed by atoms with Crippen LogP contribution in [0, 0.1) is 6.92 Å². The van der Waals surface area contributed by atoms with E-state index in [9.17, 15) is 0 Å². The van der Waals surface area contributed by atoms with Crippen molar-refractivity contribution in [1.29, 1.82) is 0 Å². The molecule has 0 unspecified atom stereocenters. The van der Waals surface area contributed by atoms with E-state index in [1.807, 2.05) is 67.7 Å². The zero-order valence-electron chi connectivity index (χ0n) is 14.5. The Balaban J connectivity index is 0.000000258. The number of halogens is 1. The summed E-state index contributed by atoms with van der Waals surface area (Å²) < 4.78 is 2.10. The van der Waals surface area contributed by atoms with E-state index < -0.39 is 5.60 Å². The molecule has 0 bridgehead atoms. The Kier molecular flexibility index (Phi) is 7.89. The van der Waals surface area contributed by atoms with Crippen LogP contribution in [-0.4, -0.2) is 6.61 Å². The topological polar surface area (TPSA) is 40.8 Å². The Morgan fingerprint density at radius 2 is 1.50 bits per heavy atom. The van der Waals surface area contributed by atoms with E-state index in [-0.39, 0.29) is 23.6 Å². The Hall–Kier alpha value is -1.61. The summed E-state index contributed by atoms with van der Waals surface area (Å²) in [5.41, 5.74) is 1.08. The second-order valence-corrected chi connectivity index (χ2v) is 6.67. The summed E-state index contributed by atoms with van der Waals surface area (Å²) in [5.74, 6) is 0. The lowest BCUT2D eigenvalue weighted by Crippen LogP contribution is -3.00. The molecule has 1 saturated heterocycles. The van der Waals surface area contributed by atoms with Crippen molar-refractivity contribution in [2.75, 3.05) is 6.61 Å². The molecule has 2 heterocycles. The first-order valence-electron chi connectivity index (χ1n) is 7.87. The molecule has 1 aliphatic heterocycles. The van der Waals surface area contributed by atoms with Crippen LogP contribution in [0.5, 0.6) is 0 Å². The summed E-state index contributed by atoms with van der Waals surface area (Å²) >= 11 is 1.77. The number of nitrogens with zero attached hydrogens (tertiary/aromatic N) is 1. The highest BCUT2D eigenvalue weighted by Gasteiger charge is 2.41. The molecular formula is C19H20BrNO4S. The number of hydrogen-bond donors (Lipinski definition) is 0. The van der Waals surface area contributed by atoms with Crippen molar-refractivity contribution in [2.24, 2.45) is 7.05 Å². The second-order valence-electron chi connectivity index (χ2n) is 5.57. The average Bonchev–Trinajstić information content (AvgIpc) is 3.07. The van der Waals surface area contributed by atoms with Gasteiger partial charge in [-0.05, 0) is 21.2 Å². The van der Waals surface area contributed by atoms with Crippen molar-refractivity contribution in [1.82, 2.24) is 0 Å². The molecule has 0 N–H and O–H groups in total. The monoisotopic (exact) mass is 437 g/mol. The molecule has 5 nitrogen and oxygen atoms in total. The largest absolute Gasteiger partial charge is 1.00 e. The molecule has 0 spiro atoms. The van der Waals surface area contributed by atoms with Crippen molar-refractivity contribution in [2.45, 2.75) is 12.5 Å². The van der Waals surface area contributed by atoms with E-state index in [2.05, 4.69) is 33.1 Å². The SMILES string of the molecule is Cc1scc[n+]1C.[Br-].c1ccc(C2(c3ccccc3)COOOO2)cc1. The summed E-state index contributed by atoms with van der Waals surface area (Å²) in [5, 5.41) is 12.3. The first-order chi connectivity index (χ1) is 12.2. The maximum atomic E-state index is 5.39. The summed E-state index contributed by atoms with van der Waals surface area (Å²) in [6.07, 6.45) is 2.06. The molecule has 4 rings (SSSR count). The van der Waals surface area contributed by atoms with Crippen LogP contribution >= 0.6 is 11.3 Å². The molecular weight excluding hydrogens is 418 g/mol. The predicted molar refractivity (Wildman–Crippen MR) is 93.1 cm³/mol.